The smallest absolute Gasteiger partial charge is 0.119 e. The molecule has 0 bridgehead atoms. The first-order valence-electron chi connectivity index (χ1n) is 5.99. The Morgan fingerprint density at radius 3 is 3.00 bits per heavy atom. The summed E-state index contributed by atoms with van der Waals surface area (Å²) in [5, 5.41) is 0. The first kappa shape index (κ1) is 10.5. The highest BCUT2D eigenvalue weighted by atomic mass is 35.5. The molecule has 86 valence electrons. The molecule has 0 N–H and O–H groups in total. The SMILES string of the molecule is COc1ccc2c(c1)CC1(CC2)CC1CCl. The quantitative estimate of drug-likeness (QED) is 0.715. The molecular weight excluding hydrogens is 220 g/mol. The van der Waals surface area contributed by atoms with E-state index >= 15 is 0 Å². The zero-order valence-electron chi connectivity index (χ0n) is 9.63. The number of hydrogen-bond acceptors (Lipinski definition) is 1. The topological polar surface area (TPSA) is 9.23 Å². The van der Waals surface area contributed by atoms with Crippen LogP contribution < -0.4 is 4.74 Å². The van der Waals surface area contributed by atoms with Gasteiger partial charge in [-0.3, -0.25) is 0 Å². The molecule has 2 atom stereocenters. The lowest BCUT2D eigenvalue weighted by atomic mass is 9.80. The molecule has 3 rings (SSSR count). The Balaban J connectivity index is 1.88. The predicted octanol–water partition coefficient (Wildman–Crippen LogP) is 3.43. The van der Waals surface area contributed by atoms with Crippen molar-refractivity contribution in [3.8, 4) is 5.75 Å². The minimum absolute atomic E-state index is 0.543. The largest absolute Gasteiger partial charge is 0.497 e. The number of ether oxygens (including phenoxy) is 1. The van der Waals surface area contributed by atoms with Gasteiger partial charge in [0.25, 0.3) is 0 Å². The molecule has 2 aliphatic carbocycles. The number of aryl methyl sites for hydroxylation is 1. The van der Waals surface area contributed by atoms with Gasteiger partial charge in [0.1, 0.15) is 5.75 Å². The second-order valence-electron chi connectivity index (χ2n) is 5.23. The molecule has 0 heterocycles. The Kier molecular flexibility index (Phi) is 2.39. The predicted molar refractivity (Wildman–Crippen MR) is 66.3 cm³/mol. The van der Waals surface area contributed by atoms with Crippen LogP contribution in [0.25, 0.3) is 0 Å². The molecule has 2 aliphatic rings. The van der Waals surface area contributed by atoms with Crippen molar-refractivity contribution in [3.63, 3.8) is 0 Å². The molecule has 2 heteroatoms. The molecule has 1 aromatic carbocycles. The van der Waals surface area contributed by atoms with E-state index in [0.29, 0.717) is 5.41 Å². The van der Waals surface area contributed by atoms with E-state index in [0.717, 1.165) is 17.5 Å². The van der Waals surface area contributed by atoms with Crippen molar-refractivity contribution in [2.75, 3.05) is 13.0 Å². The van der Waals surface area contributed by atoms with E-state index in [1.54, 1.807) is 7.11 Å². The zero-order valence-corrected chi connectivity index (χ0v) is 10.4. The fourth-order valence-corrected chi connectivity index (χ4v) is 3.60. The first-order chi connectivity index (χ1) is 7.77. The van der Waals surface area contributed by atoms with E-state index < -0.39 is 0 Å². The molecule has 1 spiro atoms. The van der Waals surface area contributed by atoms with Crippen LogP contribution in [0.2, 0.25) is 0 Å². The number of alkyl halides is 1. The van der Waals surface area contributed by atoms with E-state index in [4.69, 9.17) is 16.3 Å². The Bertz CT molecular complexity index is 415. The second kappa shape index (κ2) is 3.66. The molecule has 2 unspecified atom stereocenters. The standard InChI is InChI=1S/C14H17ClO/c1-16-13-3-2-10-4-5-14(7-11(10)6-13)8-12(14)9-15/h2-3,6,12H,4-5,7-9H2,1H3. The summed E-state index contributed by atoms with van der Waals surface area (Å²) in [5.41, 5.74) is 3.53. The minimum atomic E-state index is 0.543. The Hall–Kier alpha value is -0.690. The summed E-state index contributed by atoms with van der Waals surface area (Å²) >= 11 is 5.98. The molecule has 0 aliphatic heterocycles. The summed E-state index contributed by atoms with van der Waals surface area (Å²) in [4.78, 5) is 0. The molecule has 1 saturated carbocycles. The van der Waals surface area contributed by atoms with E-state index in [1.807, 2.05) is 0 Å². The maximum absolute atomic E-state index is 5.98. The molecule has 0 amide bonds. The third-order valence-corrected chi connectivity index (χ3v) is 4.77. The molecule has 0 saturated heterocycles. The molecular formula is C14H17ClO. The lowest BCUT2D eigenvalue weighted by Crippen LogP contribution is -2.17. The normalized spacial score (nSPS) is 31.2. The van der Waals surface area contributed by atoms with E-state index in [9.17, 15) is 0 Å². The van der Waals surface area contributed by atoms with Crippen LogP contribution in [0.15, 0.2) is 18.2 Å². The number of rotatable bonds is 2. The lowest BCUT2D eigenvalue weighted by Gasteiger charge is -2.25. The number of hydrogen-bond donors (Lipinski definition) is 0. The summed E-state index contributed by atoms with van der Waals surface area (Å²) < 4.78 is 5.30. The van der Waals surface area contributed by atoms with Crippen molar-refractivity contribution in [3.05, 3.63) is 29.3 Å². The fourth-order valence-electron chi connectivity index (χ4n) is 3.16. The number of fused-ring (bicyclic) bond motifs is 1. The van der Waals surface area contributed by atoms with Crippen LogP contribution in [-0.2, 0) is 12.8 Å². The van der Waals surface area contributed by atoms with Gasteiger partial charge in [-0.2, -0.15) is 0 Å². The van der Waals surface area contributed by atoms with Gasteiger partial charge in [0.05, 0.1) is 7.11 Å². The average molecular weight is 237 g/mol. The van der Waals surface area contributed by atoms with Crippen molar-refractivity contribution in [2.45, 2.75) is 25.7 Å². The monoisotopic (exact) mass is 236 g/mol. The molecule has 1 nitrogen and oxygen atoms in total. The lowest BCUT2D eigenvalue weighted by molar-refractivity contribution is 0.394. The highest BCUT2D eigenvalue weighted by molar-refractivity contribution is 6.18. The van der Waals surface area contributed by atoms with Gasteiger partial charge in [-0.1, -0.05) is 6.07 Å². The van der Waals surface area contributed by atoms with Crippen LogP contribution in [0.1, 0.15) is 24.0 Å². The van der Waals surface area contributed by atoms with Crippen LogP contribution in [0.4, 0.5) is 0 Å². The summed E-state index contributed by atoms with van der Waals surface area (Å²) in [6, 6.07) is 6.50. The molecule has 1 fully saturated rings. The van der Waals surface area contributed by atoms with Crippen LogP contribution in [0.3, 0.4) is 0 Å². The zero-order chi connectivity index (χ0) is 11.2. The van der Waals surface area contributed by atoms with Crippen molar-refractivity contribution in [1.82, 2.24) is 0 Å². The Morgan fingerprint density at radius 1 is 1.44 bits per heavy atom. The van der Waals surface area contributed by atoms with E-state index in [2.05, 4.69) is 18.2 Å². The van der Waals surface area contributed by atoms with Gasteiger partial charge < -0.3 is 4.74 Å². The maximum Gasteiger partial charge on any atom is 0.119 e. The Morgan fingerprint density at radius 2 is 2.31 bits per heavy atom. The maximum atomic E-state index is 5.98. The fraction of sp³-hybridized carbons (Fsp3) is 0.571. The molecule has 0 radical (unpaired) electrons. The first-order valence-corrected chi connectivity index (χ1v) is 6.53. The summed E-state index contributed by atoms with van der Waals surface area (Å²) in [6.45, 7) is 0. The van der Waals surface area contributed by atoms with Crippen LogP contribution in [0.5, 0.6) is 5.75 Å². The third kappa shape index (κ3) is 1.53. The van der Waals surface area contributed by atoms with E-state index in [-0.39, 0.29) is 0 Å². The average Bonchev–Trinajstić information content (AvgIpc) is 3.01. The Labute approximate surface area is 102 Å². The summed E-state index contributed by atoms with van der Waals surface area (Å²) in [6.07, 6.45) is 5.07. The van der Waals surface area contributed by atoms with Crippen LogP contribution >= 0.6 is 11.6 Å². The van der Waals surface area contributed by atoms with Crippen molar-refractivity contribution < 1.29 is 4.74 Å². The van der Waals surface area contributed by atoms with Gasteiger partial charge in [0.2, 0.25) is 0 Å². The van der Waals surface area contributed by atoms with Gasteiger partial charge in [0.15, 0.2) is 0 Å². The van der Waals surface area contributed by atoms with Crippen molar-refractivity contribution >= 4 is 11.6 Å². The van der Waals surface area contributed by atoms with E-state index in [1.165, 1.54) is 36.8 Å². The minimum Gasteiger partial charge on any atom is -0.497 e. The number of benzene rings is 1. The van der Waals surface area contributed by atoms with Gasteiger partial charge in [-0.05, 0) is 60.3 Å². The summed E-state index contributed by atoms with van der Waals surface area (Å²) in [7, 11) is 1.74. The third-order valence-electron chi connectivity index (χ3n) is 4.39. The molecule has 16 heavy (non-hydrogen) atoms. The van der Waals surface area contributed by atoms with Gasteiger partial charge in [0, 0.05) is 5.88 Å². The number of methoxy groups -OCH3 is 1. The molecule has 0 aromatic heterocycles. The van der Waals surface area contributed by atoms with Gasteiger partial charge in [-0.25, -0.2) is 0 Å². The van der Waals surface area contributed by atoms with Gasteiger partial charge in [-0.15, -0.1) is 11.6 Å². The second-order valence-corrected chi connectivity index (χ2v) is 5.54. The van der Waals surface area contributed by atoms with Crippen LogP contribution in [0, 0.1) is 11.3 Å². The highest BCUT2D eigenvalue weighted by Crippen LogP contribution is 2.60. The number of halogens is 1. The van der Waals surface area contributed by atoms with Crippen molar-refractivity contribution in [2.24, 2.45) is 11.3 Å². The van der Waals surface area contributed by atoms with Crippen LogP contribution in [-0.4, -0.2) is 13.0 Å². The summed E-state index contributed by atoms with van der Waals surface area (Å²) in [5.74, 6) is 2.58. The molecule has 1 aromatic rings. The van der Waals surface area contributed by atoms with Crippen molar-refractivity contribution in [1.29, 1.82) is 0 Å². The highest BCUT2D eigenvalue weighted by Gasteiger charge is 2.53. The van der Waals surface area contributed by atoms with Gasteiger partial charge >= 0.3 is 0 Å².